The summed E-state index contributed by atoms with van der Waals surface area (Å²) in [6, 6.07) is -0.537. The molecule has 0 heterocycles. The van der Waals surface area contributed by atoms with Gasteiger partial charge in [0.15, 0.2) is 0 Å². The molecule has 0 aromatic carbocycles. The third kappa shape index (κ3) is 77.3. The van der Waals surface area contributed by atoms with Gasteiger partial charge in [-0.25, -0.2) is 0 Å². The summed E-state index contributed by atoms with van der Waals surface area (Å²) in [6.07, 6.45) is 106. The summed E-state index contributed by atoms with van der Waals surface area (Å²) in [4.78, 5) is 24.7. The quantitative estimate of drug-likeness (QED) is 0.0320. The molecule has 0 spiro atoms. The maximum Gasteiger partial charge on any atom is 0.305 e. The van der Waals surface area contributed by atoms with Crippen molar-refractivity contribution >= 4 is 11.9 Å². The number of nitrogens with one attached hydrogen (secondary N) is 1. The van der Waals surface area contributed by atoms with Crippen LogP contribution in [0, 0.1) is 0 Å². The zero-order valence-corrected chi connectivity index (χ0v) is 62.8. The van der Waals surface area contributed by atoms with Crippen molar-refractivity contribution in [3.05, 3.63) is 24.3 Å². The van der Waals surface area contributed by atoms with Gasteiger partial charge in [0.2, 0.25) is 5.91 Å². The van der Waals surface area contributed by atoms with Crippen molar-refractivity contribution < 1.29 is 24.5 Å². The van der Waals surface area contributed by atoms with Gasteiger partial charge in [0.05, 0.1) is 25.4 Å². The molecule has 6 heteroatoms. The van der Waals surface area contributed by atoms with Gasteiger partial charge < -0.3 is 20.3 Å². The van der Waals surface area contributed by atoms with E-state index >= 15 is 0 Å². The lowest BCUT2D eigenvalue weighted by Gasteiger charge is -2.22. The molecule has 92 heavy (non-hydrogen) atoms. The van der Waals surface area contributed by atoms with Crippen LogP contribution in [0.4, 0.5) is 0 Å². The van der Waals surface area contributed by atoms with Crippen molar-refractivity contribution in [3.8, 4) is 0 Å². The van der Waals surface area contributed by atoms with Crippen LogP contribution in [-0.4, -0.2) is 47.4 Å². The Kier molecular flexibility index (Phi) is 80.3. The van der Waals surface area contributed by atoms with Crippen LogP contribution in [0.5, 0.6) is 0 Å². The number of unbranched alkanes of at least 4 members (excludes halogenated alkanes) is 66. The summed E-state index contributed by atoms with van der Waals surface area (Å²) in [5.74, 6) is -0.00320. The lowest BCUT2D eigenvalue weighted by molar-refractivity contribution is -0.143. The van der Waals surface area contributed by atoms with Crippen molar-refractivity contribution in [1.29, 1.82) is 0 Å². The first-order chi connectivity index (χ1) is 45.5. The van der Waals surface area contributed by atoms with Crippen LogP contribution in [-0.2, 0) is 14.3 Å². The number of aliphatic hydroxyl groups excluding tert-OH is 2. The van der Waals surface area contributed by atoms with Gasteiger partial charge in [-0.3, -0.25) is 9.59 Å². The lowest BCUT2D eigenvalue weighted by atomic mass is 10.0. The smallest absolute Gasteiger partial charge is 0.305 e. The van der Waals surface area contributed by atoms with E-state index in [4.69, 9.17) is 4.74 Å². The molecule has 546 valence electrons. The van der Waals surface area contributed by atoms with Crippen molar-refractivity contribution in [3.63, 3.8) is 0 Å². The minimum atomic E-state index is -0.661. The molecule has 0 saturated carbocycles. The van der Waals surface area contributed by atoms with Crippen LogP contribution in [0.3, 0.4) is 0 Å². The third-order valence-corrected chi connectivity index (χ3v) is 20.3. The highest BCUT2D eigenvalue weighted by Crippen LogP contribution is 2.21. The number of aliphatic hydroxyl groups is 2. The number of hydrogen-bond donors (Lipinski definition) is 3. The molecule has 0 aromatic rings. The second-order valence-electron chi connectivity index (χ2n) is 29.5. The molecular weight excluding hydrogens is 1130 g/mol. The van der Waals surface area contributed by atoms with E-state index in [0.29, 0.717) is 25.9 Å². The highest BCUT2D eigenvalue weighted by atomic mass is 16.5. The van der Waals surface area contributed by atoms with Gasteiger partial charge in [-0.15, -0.1) is 0 Å². The summed E-state index contributed by atoms with van der Waals surface area (Å²) < 4.78 is 5.52. The van der Waals surface area contributed by atoms with Gasteiger partial charge in [-0.05, 0) is 57.8 Å². The topological polar surface area (TPSA) is 95.9 Å². The number of ether oxygens (including phenoxy) is 1. The van der Waals surface area contributed by atoms with Crippen molar-refractivity contribution in [2.75, 3.05) is 13.2 Å². The van der Waals surface area contributed by atoms with Gasteiger partial charge in [0.1, 0.15) is 0 Å². The first-order valence-corrected chi connectivity index (χ1v) is 42.6. The van der Waals surface area contributed by atoms with Crippen molar-refractivity contribution in [1.82, 2.24) is 5.32 Å². The molecule has 0 fully saturated rings. The number of rotatable bonds is 81. The molecule has 0 bridgehead atoms. The first-order valence-electron chi connectivity index (χ1n) is 42.6. The second-order valence-corrected chi connectivity index (χ2v) is 29.5. The van der Waals surface area contributed by atoms with E-state index in [-0.39, 0.29) is 18.5 Å². The number of amides is 1. The molecular formula is C86H167NO5. The van der Waals surface area contributed by atoms with E-state index in [1.165, 1.54) is 411 Å². The highest BCUT2D eigenvalue weighted by molar-refractivity contribution is 5.76. The molecule has 0 radical (unpaired) electrons. The molecule has 2 unspecified atom stereocenters. The summed E-state index contributed by atoms with van der Waals surface area (Å²) in [7, 11) is 0. The molecule has 1 amide bonds. The standard InChI is InChI=1S/C86H167NO5/c1-3-5-7-9-11-13-15-17-19-21-42-46-50-54-58-62-66-70-74-78-84(89)83(82-88)87-85(90)79-75-71-67-63-59-55-51-47-44-40-38-36-34-32-30-28-26-24-23-25-27-29-31-33-35-37-39-41-45-49-53-57-61-65-69-73-77-81-92-86(91)80-76-72-68-64-60-56-52-48-43-22-20-18-16-14-12-10-8-6-4-2/h12,14,18,20,83-84,88-89H,3-11,13,15-17,19,21-82H2,1-2H3,(H,87,90)/b14-12-,20-18-. The average molecular weight is 1300 g/mol. The van der Waals surface area contributed by atoms with Crippen molar-refractivity contribution in [2.24, 2.45) is 0 Å². The second kappa shape index (κ2) is 81.8. The third-order valence-electron chi connectivity index (χ3n) is 20.3. The maximum atomic E-state index is 12.6. The van der Waals surface area contributed by atoms with Crippen LogP contribution in [0.25, 0.3) is 0 Å². The molecule has 2 atom stereocenters. The molecule has 6 nitrogen and oxygen atoms in total. The fraction of sp³-hybridized carbons (Fsp3) is 0.930. The Morgan fingerprint density at radius 3 is 0.848 bits per heavy atom. The Hall–Kier alpha value is -1.66. The maximum absolute atomic E-state index is 12.6. The Bertz CT molecular complexity index is 1450. The largest absolute Gasteiger partial charge is 0.466 e. The number of allylic oxidation sites excluding steroid dienone is 4. The van der Waals surface area contributed by atoms with E-state index in [0.717, 1.165) is 44.9 Å². The molecule has 0 aliphatic heterocycles. The normalized spacial score (nSPS) is 12.5. The minimum Gasteiger partial charge on any atom is -0.466 e. The lowest BCUT2D eigenvalue weighted by Crippen LogP contribution is -2.45. The molecule has 3 N–H and O–H groups in total. The average Bonchev–Trinajstić information content (AvgIpc) is 3.61. The first kappa shape index (κ1) is 90.3. The highest BCUT2D eigenvalue weighted by Gasteiger charge is 2.20. The van der Waals surface area contributed by atoms with Gasteiger partial charge >= 0.3 is 5.97 Å². The van der Waals surface area contributed by atoms with E-state index < -0.39 is 12.1 Å². The van der Waals surface area contributed by atoms with Crippen LogP contribution >= 0.6 is 0 Å². The van der Waals surface area contributed by atoms with E-state index in [9.17, 15) is 19.8 Å². The fourth-order valence-corrected chi connectivity index (χ4v) is 13.8. The Labute approximate surface area is 577 Å². The summed E-state index contributed by atoms with van der Waals surface area (Å²) in [5.41, 5.74) is 0. The molecule has 0 saturated heterocycles. The Morgan fingerprint density at radius 2 is 0.543 bits per heavy atom. The van der Waals surface area contributed by atoms with Crippen LogP contribution in [0.1, 0.15) is 489 Å². The summed E-state index contributed by atoms with van der Waals surface area (Å²) in [5, 5.41) is 23.4. The monoisotopic (exact) mass is 1290 g/mol. The van der Waals surface area contributed by atoms with Crippen LogP contribution in [0.15, 0.2) is 24.3 Å². The van der Waals surface area contributed by atoms with Crippen LogP contribution < -0.4 is 5.32 Å². The van der Waals surface area contributed by atoms with Crippen molar-refractivity contribution in [2.45, 2.75) is 501 Å². The van der Waals surface area contributed by atoms with Gasteiger partial charge in [0.25, 0.3) is 0 Å². The van der Waals surface area contributed by atoms with Gasteiger partial charge in [-0.2, -0.15) is 0 Å². The molecule has 0 aliphatic carbocycles. The Morgan fingerprint density at radius 1 is 0.304 bits per heavy atom. The SMILES string of the molecule is CCCCC/C=C\C/C=C\CCCCCCCCCCCC(=O)OCCCCCCCCCCCCCCCCCCCCCCCCCCCCCCCCCCCCCCCC(=O)NC(CO)C(O)CCCCCCCCCCCCCCCCCCCCC. The van der Waals surface area contributed by atoms with E-state index in [1.54, 1.807) is 0 Å². The molecule has 0 rings (SSSR count). The van der Waals surface area contributed by atoms with Gasteiger partial charge in [0, 0.05) is 12.8 Å². The number of carbonyl (C=O) groups is 2. The predicted octanol–water partition coefficient (Wildman–Crippen LogP) is 28.4. The number of hydrogen-bond acceptors (Lipinski definition) is 5. The number of esters is 1. The zero-order valence-electron chi connectivity index (χ0n) is 62.8. The molecule has 0 aromatic heterocycles. The van der Waals surface area contributed by atoms with Crippen LogP contribution in [0.2, 0.25) is 0 Å². The van der Waals surface area contributed by atoms with E-state index in [2.05, 4.69) is 43.5 Å². The predicted molar refractivity (Wildman–Crippen MR) is 407 cm³/mol. The van der Waals surface area contributed by atoms with Gasteiger partial charge in [-0.1, -0.05) is 443 Å². The zero-order chi connectivity index (χ0) is 66.3. The molecule has 0 aliphatic rings. The number of carbonyl (C=O) groups excluding carboxylic acids is 2. The Balaban J connectivity index is 3.29. The fourth-order valence-electron chi connectivity index (χ4n) is 13.8. The summed E-state index contributed by atoms with van der Waals surface area (Å²) >= 11 is 0. The summed E-state index contributed by atoms with van der Waals surface area (Å²) in [6.45, 7) is 4.99. The van der Waals surface area contributed by atoms with E-state index in [1.807, 2.05) is 0 Å². The minimum absolute atomic E-state index is 0.0207.